The van der Waals surface area contributed by atoms with Crippen LogP contribution in [0.1, 0.15) is 44.2 Å². The van der Waals surface area contributed by atoms with Gasteiger partial charge in [-0.3, -0.25) is 13.9 Å². The number of carbonyl (C=O) groups excluding carboxylic acids is 1. The number of rotatable bonds is 4. The van der Waals surface area contributed by atoms with Crippen molar-refractivity contribution in [2.75, 3.05) is 5.32 Å². The standard InChI is InChI=1S/C22H24N2O5S/c1-3-4-11-22(2)15-8-6-5-7-14(15)19(26)18(20(22)27)21-23-16-10-9-13(25)12-17(16)30(28,29)24-21/h5-10,12,25-26,28-29H,3-4,11H2,1-2H3,(H,23,24). The van der Waals surface area contributed by atoms with Crippen molar-refractivity contribution in [1.82, 2.24) is 0 Å². The molecular formula is C22H24N2O5S. The van der Waals surface area contributed by atoms with Gasteiger partial charge in [0.2, 0.25) is 0 Å². The molecule has 0 aromatic heterocycles. The molecule has 1 unspecified atom stereocenters. The Morgan fingerprint density at radius 3 is 2.60 bits per heavy atom. The van der Waals surface area contributed by atoms with Gasteiger partial charge >= 0.3 is 0 Å². The van der Waals surface area contributed by atoms with Crippen LogP contribution in [0.15, 0.2) is 57.3 Å². The van der Waals surface area contributed by atoms with Gasteiger partial charge in [-0.25, -0.2) is 0 Å². The molecule has 1 aliphatic heterocycles. The fourth-order valence-corrected chi connectivity index (χ4v) is 5.27. The van der Waals surface area contributed by atoms with E-state index >= 15 is 0 Å². The largest absolute Gasteiger partial charge is 0.508 e. The average Bonchev–Trinajstić information content (AvgIpc) is 2.71. The number of aliphatic hydroxyl groups is 1. The lowest BCUT2D eigenvalue weighted by atomic mass is 9.67. The van der Waals surface area contributed by atoms with Crippen molar-refractivity contribution >= 4 is 33.8 Å². The van der Waals surface area contributed by atoms with E-state index in [0.717, 1.165) is 18.4 Å². The molecule has 8 heteroatoms. The number of carbonyl (C=O) groups is 1. The highest BCUT2D eigenvalue weighted by molar-refractivity contribution is 8.23. The number of unbranched alkanes of at least 4 members (excludes halogenated alkanes) is 1. The molecule has 0 saturated carbocycles. The average molecular weight is 429 g/mol. The van der Waals surface area contributed by atoms with E-state index in [9.17, 15) is 24.1 Å². The number of aromatic hydroxyl groups is 1. The van der Waals surface area contributed by atoms with Gasteiger partial charge in [0.25, 0.3) is 0 Å². The van der Waals surface area contributed by atoms with E-state index in [0.29, 0.717) is 17.7 Å². The van der Waals surface area contributed by atoms with Gasteiger partial charge in [0.1, 0.15) is 22.0 Å². The fraction of sp³-hybridized carbons (Fsp3) is 0.273. The normalized spacial score (nSPS) is 23.2. The second-order valence-electron chi connectivity index (χ2n) is 7.80. The van der Waals surface area contributed by atoms with Crippen LogP contribution in [0.5, 0.6) is 5.75 Å². The van der Waals surface area contributed by atoms with E-state index in [4.69, 9.17) is 0 Å². The Labute approximate surface area is 176 Å². The molecule has 1 aliphatic carbocycles. The molecule has 0 spiro atoms. The molecule has 0 bridgehead atoms. The Hall–Kier alpha value is -2.81. The van der Waals surface area contributed by atoms with Crippen molar-refractivity contribution in [2.24, 2.45) is 4.40 Å². The lowest BCUT2D eigenvalue weighted by Crippen LogP contribution is -2.42. The zero-order valence-electron chi connectivity index (χ0n) is 16.7. The number of benzene rings is 2. The minimum absolute atomic E-state index is 0.0312. The monoisotopic (exact) mass is 428 g/mol. The van der Waals surface area contributed by atoms with Crippen molar-refractivity contribution in [3.8, 4) is 5.75 Å². The highest BCUT2D eigenvalue weighted by Crippen LogP contribution is 2.57. The summed E-state index contributed by atoms with van der Waals surface area (Å²) in [5, 5.41) is 23.6. The maximum Gasteiger partial charge on any atom is 0.180 e. The third-order valence-corrected chi connectivity index (χ3v) is 7.11. The van der Waals surface area contributed by atoms with Crippen molar-refractivity contribution in [2.45, 2.75) is 43.4 Å². The molecule has 1 atom stereocenters. The van der Waals surface area contributed by atoms with Crippen LogP contribution in [0.4, 0.5) is 5.69 Å². The quantitative estimate of drug-likeness (QED) is 0.425. The molecule has 1 heterocycles. The Balaban J connectivity index is 1.89. The van der Waals surface area contributed by atoms with Gasteiger partial charge in [0, 0.05) is 11.6 Å². The molecule has 4 rings (SSSR count). The van der Waals surface area contributed by atoms with Gasteiger partial charge < -0.3 is 15.5 Å². The number of nitrogens with zero attached hydrogens (tertiary/aromatic N) is 1. The fourth-order valence-electron chi connectivity index (χ4n) is 4.09. The lowest BCUT2D eigenvalue weighted by molar-refractivity contribution is -0.120. The highest BCUT2D eigenvalue weighted by Gasteiger charge is 2.46. The number of hydrogen-bond donors (Lipinski definition) is 5. The van der Waals surface area contributed by atoms with E-state index in [-0.39, 0.29) is 33.6 Å². The summed E-state index contributed by atoms with van der Waals surface area (Å²) in [7, 11) is -3.67. The number of phenolic OH excluding ortho intramolecular Hbond substituents is 1. The SMILES string of the molecule is CCCCC1(C)C(=O)C(C2=NS(O)(O)c3cc(O)ccc3N2)=C(O)c2ccccc21. The van der Waals surface area contributed by atoms with Crippen LogP contribution < -0.4 is 5.32 Å². The number of amidine groups is 1. The van der Waals surface area contributed by atoms with Crippen LogP contribution in [0.25, 0.3) is 5.76 Å². The van der Waals surface area contributed by atoms with Gasteiger partial charge in [-0.1, -0.05) is 54.8 Å². The summed E-state index contributed by atoms with van der Waals surface area (Å²) in [5.74, 6) is -0.789. The summed E-state index contributed by atoms with van der Waals surface area (Å²) in [6, 6.07) is 11.3. The van der Waals surface area contributed by atoms with E-state index in [2.05, 4.69) is 9.71 Å². The molecule has 0 saturated heterocycles. The summed E-state index contributed by atoms with van der Waals surface area (Å²) in [4.78, 5) is 13.7. The molecule has 0 radical (unpaired) electrons. The van der Waals surface area contributed by atoms with Crippen LogP contribution in [-0.4, -0.2) is 30.9 Å². The number of anilines is 1. The number of ketones is 1. The lowest BCUT2D eigenvalue weighted by Gasteiger charge is -2.38. The third-order valence-electron chi connectivity index (χ3n) is 5.74. The molecule has 2 aliphatic rings. The number of nitrogens with one attached hydrogen (secondary N) is 1. The van der Waals surface area contributed by atoms with Gasteiger partial charge in [0.15, 0.2) is 11.6 Å². The van der Waals surface area contributed by atoms with Gasteiger partial charge in [-0.2, -0.15) is 0 Å². The van der Waals surface area contributed by atoms with E-state index < -0.39 is 16.2 Å². The van der Waals surface area contributed by atoms with Crippen molar-refractivity contribution < 1.29 is 24.1 Å². The zero-order chi connectivity index (χ0) is 21.7. The van der Waals surface area contributed by atoms with Gasteiger partial charge in [0.05, 0.1) is 11.1 Å². The Morgan fingerprint density at radius 2 is 1.87 bits per heavy atom. The van der Waals surface area contributed by atoms with E-state index in [1.54, 1.807) is 12.1 Å². The topological polar surface area (TPSA) is 122 Å². The maximum absolute atomic E-state index is 13.7. The first-order valence-electron chi connectivity index (χ1n) is 9.75. The van der Waals surface area contributed by atoms with Crippen molar-refractivity contribution in [1.29, 1.82) is 0 Å². The predicted molar refractivity (Wildman–Crippen MR) is 118 cm³/mol. The second-order valence-corrected chi connectivity index (χ2v) is 9.46. The van der Waals surface area contributed by atoms with Crippen LogP contribution in [-0.2, 0) is 10.2 Å². The molecule has 2 aromatic carbocycles. The first-order valence-corrected chi connectivity index (χ1v) is 11.3. The van der Waals surface area contributed by atoms with Crippen molar-refractivity contribution in [3.05, 3.63) is 59.2 Å². The Morgan fingerprint density at radius 1 is 1.13 bits per heavy atom. The first kappa shape index (κ1) is 20.5. The Kier molecular flexibility index (Phi) is 4.88. The molecule has 0 amide bonds. The number of Topliss-reactive ketones (excluding diaryl/α,β-unsaturated/α-hetero) is 1. The van der Waals surface area contributed by atoms with Crippen LogP contribution >= 0.6 is 10.8 Å². The Bertz CT molecular complexity index is 1110. The summed E-state index contributed by atoms with van der Waals surface area (Å²) in [6.07, 6.45) is 2.32. The molecule has 0 fully saturated rings. The summed E-state index contributed by atoms with van der Waals surface area (Å²) >= 11 is 0. The third kappa shape index (κ3) is 3.08. The minimum atomic E-state index is -3.67. The van der Waals surface area contributed by atoms with Crippen LogP contribution in [0, 0.1) is 0 Å². The molecule has 2 aromatic rings. The van der Waals surface area contributed by atoms with E-state index in [1.807, 2.05) is 26.0 Å². The van der Waals surface area contributed by atoms with Gasteiger partial charge in [-0.15, -0.1) is 4.40 Å². The smallest absolute Gasteiger partial charge is 0.180 e. The molecule has 5 N–H and O–H groups in total. The zero-order valence-corrected chi connectivity index (χ0v) is 17.5. The number of aliphatic hydroxyl groups excluding tert-OH is 1. The summed E-state index contributed by atoms with van der Waals surface area (Å²) in [6.45, 7) is 3.90. The van der Waals surface area contributed by atoms with Gasteiger partial charge in [-0.05, 0) is 31.0 Å². The first-order chi connectivity index (χ1) is 14.2. The highest BCUT2D eigenvalue weighted by atomic mass is 32.3. The molecule has 30 heavy (non-hydrogen) atoms. The van der Waals surface area contributed by atoms with Crippen molar-refractivity contribution in [3.63, 3.8) is 0 Å². The maximum atomic E-state index is 13.7. The van der Waals surface area contributed by atoms with Crippen LogP contribution in [0.3, 0.4) is 0 Å². The summed E-state index contributed by atoms with van der Waals surface area (Å²) < 4.78 is 25.1. The molecule has 158 valence electrons. The van der Waals surface area contributed by atoms with E-state index in [1.165, 1.54) is 18.2 Å². The summed E-state index contributed by atoms with van der Waals surface area (Å²) in [5.41, 5.74) is 0.642. The molecule has 7 nitrogen and oxygen atoms in total. The van der Waals surface area contributed by atoms with Crippen LogP contribution in [0.2, 0.25) is 0 Å². The minimum Gasteiger partial charge on any atom is -0.508 e. The number of fused-ring (bicyclic) bond motifs is 2. The number of hydrogen-bond acceptors (Lipinski definition) is 7. The number of phenols is 1. The second kappa shape index (κ2) is 7.16. The molecular weight excluding hydrogens is 404 g/mol. The predicted octanol–water partition coefficient (Wildman–Crippen LogP) is 5.24.